The molecule has 0 radical (unpaired) electrons. The minimum Gasteiger partial charge on any atom is -0.360 e. The zero-order chi connectivity index (χ0) is 21.1. The number of hydrogen-bond acceptors (Lipinski definition) is 6. The van der Waals surface area contributed by atoms with Gasteiger partial charge in [-0.05, 0) is 43.2 Å². The molecule has 8 heteroatoms. The van der Waals surface area contributed by atoms with Gasteiger partial charge in [-0.2, -0.15) is 0 Å². The number of carbonyl (C=O) groups is 3. The average molecular weight is 399 g/mol. The van der Waals surface area contributed by atoms with Crippen LogP contribution in [0.4, 0.5) is 5.82 Å². The number of fused-ring (bicyclic) bond motifs is 1. The molecule has 1 saturated heterocycles. The van der Waals surface area contributed by atoms with Gasteiger partial charge in [-0.1, -0.05) is 13.8 Å². The third-order valence-corrected chi connectivity index (χ3v) is 5.55. The number of ketones is 1. The number of aromatic nitrogens is 1. The fourth-order valence-corrected chi connectivity index (χ4v) is 3.84. The number of pyridine rings is 1. The zero-order valence-corrected chi connectivity index (χ0v) is 17.2. The van der Waals surface area contributed by atoms with Gasteiger partial charge in [-0.15, -0.1) is 0 Å². The largest absolute Gasteiger partial charge is 0.360 e. The quantitative estimate of drug-likeness (QED) is 0.546. The van der Waals surface area contributed by atoms with Crippen molar-refractivity contribution in [3.05, 3.63) is 23.9 Å². The first kappa shape index (κ1) is 21.0. The van der Waals surface area contributed by atoms with Crippen LogP contribution in [-0.2, 0) is 14.4 Å². The van der Waals surface area contributed by atoms with E-state index in [-0.39, 0.29) is 35.9 Å². The van der Waals surface area contributed by atoms with Gasteiger partial charge in [0.2, 0.25) is 11.8 Å². The van der Waals surface area contributed by atoms with Crippen LogP contribution in [0.15, 0.2) is 18.3 Å². The number of nitrogens with zero attached hydrogens (tertiary/aromatic N) is 2. The third kappa shape index (κ3) is 4.81. The molecule has 0 aromatic carbocycles. The lowest BCUT2D eigenvalue weighted by molar-refractivity contribution is -0.138. The lowest BCUT2D eigenvalue weighted by atomic mass is 10.1. The number of nitrogens with one attached hydrogen (secondary N) is 3. The summed E-state index contributed by atoms with van der Waals surface area (Å²) in [7, 11) is 0. The molecule has 29 heavy (non-hydrogen) atoms. The van der Waals surface area contributed by atoms with Gasteiger partial charge in [-0.25, -0.2) is 4.98 Å². The summed E-state index contributed by atoms with van der Waals surface area (Å²) in [6.45, 7) is 6.12. The number of anilines is 1. The van der Waals surface area contributed by atoms with E-state index in [1.807, 2.05) is 0 Å². The van der Waals surface area contributed by atoms with Crippen molar-refractivity contribution in [3.8, 4) is 0 Å². The summed E-state index contributed by atoms with van der Waals surface area (Å²) < 4.78 is 0. The summed E-state index contributed by atoms with van der Waals surface area (Å²) >= 11 is 0. The molecule has 156 valence electrons. The number of likely N-dealkylation sites (tertiary alicyclic amines) is 1. The Labute approximate surface area is 171 Å². The highest BCUT2D eigenvalue weighted by atomic mass is 16.2. The minimum absolute atomic E-state index is 0.0335. The van der Waals surface area contributed by atoms with E-state index in [2.05, 4.69) is 29.5 Å². The van der Waals surface area contributed by atoms with Gasteiger partial charge >= 0.3 is 0 Å². The van der Waals surface area contributed by atoms with Crippen molar-refractivity contribution in [2.45, 2.75) is 52.1 Å². The molecule has 2 amide bonds. The Morgan fingerprint density at radius 3 is 2.76 bits per heavy atom. The van der Waals surface area contributed by atoms with Crippen molar-refractivity contribution in [1.29, 1.82) is 5.41 Å². The highest BCUT2D eigenvalue weighted by Gasteiger charge is 2.55. The first-order valence-electron chi connectivity index (χ1n) is 10.2. The van der Waals surface area contributed by atoms with Crippen molar-refractivity contribution in [1.82, 2.24) is 15.2 Å². The second-order valence-corrected chi connectivity index (χ2v) is 8.27. The topological polar surface area (TPSA) is 115 Å². The maximum Gasteiger partial charge on any atom is 0.242 e. The molecular weight excluding hydrogens is 370 g/mol. The molecule has 0 unspecified atom stereocenters. The van der Waals surface area contributed by atoms with Gasteiger partial charge in [-0.3, -0.25) is 19.8 Å². The van der Waals surface area contributed by atoms with Crippen LogP contribution in [0.25, 0.3) is 0 Å². The van der Waals surface area contributed by atoms with Crippen LogP contribution >= 0.6 is 0 Å². The number of Topliss-reactive ketones (excluding diaryl/α,β-unsaturated/α-hetero) is 1. The van der Waals surface area contributed by atoms with Crippen molar-refractivity contribution in [2.24, 2.45) is 11.8 Å². The normalized spacial score (nSPS) is 22.2. The van der Waals surface area contributed by atoms with Crippen LogP contribution in [-0.4, -0.2) is 58.4 Å². The molecule has 1 aliphatic carbocycles. The maximum atomic E-state index is 12.9. The van der Waals surface area contributed by atoms with E-state index in [1.54, 1.807) is 23.2 Å². The summed E-state index contributed by atoms with van der Waals surface area (Å²) in [5.41, 5.74) is 0.209. The number of amides is 2. The molecule has 3 N–H and O–H groups in total. The Bertz CT molecular complexity index is 822. The highest BCUT2D eigenvalue weighted by molar-refractivity contribution is 6.45. The highest BCUT2D eigenvalue weighted by Crippen LogP contribution is 2.47. The average Bonchev–Trinajstić information content (AvgIpc) is 3.34. The molecule has 1 aromatic rings. The number of rotatable bonds is 9. The summed E-state index contributed by atoms with van der Waals surface area (Å²) in [5.74, 6) is 0.635. The Morgan fingerprint density at radius 1 is 1.31 bits per heavy atom. The SMILES string of the molecule is CC(=O)C(=N)c1cccnc1NCC(=O)N1[C@@H]2C[C@@H]2C[C@H]1C(=O)NCCC(C)C. The van der Waals surface area contributed by atoms with Crippen LogP contribution in [0.1, 0.15) is 45.6 Å². The van der Waals surface area contributed by atoms with Crippen LogP contribution in [0.2, 0.25) is 0 Å². The van der Waals surface area contributed by atoms with Crippen LogP contribution in [0, 0.1) is 17.2 Å². The second-order valence-electron chi connectivity index (χ2n) is 8.27. The van der Waals surface area contributed by atoms with Crippen molar-refractivity contribution < 1.29 is 14.4 Å². The van der Waals surface area contributed by atoms with E-state index >= 15 is 0 Å². The molecule has 0 bridgehead atoms. The number of piperidine rings is 1. The minimum atomic E-state index is -0.418. The molecule has 1 aromatic heterocycles. The third-order valence-electron chi connectivity index (χ3n) is 5.55. The molecular formula is C21H29N5O3. The van der Waals surface area contributed by atoms with E-state index in [0.717, 1.165) is 12.8 Å². The molecule has 2 heterocycles. The molecule has 3 rings (SSSR count). The van der Waals surface area contributed by atoms with E-state index in [0.29, 0.717) is 36.2 Å². The smallest absolute Gasteiger partial charge is 0.242 e. The monoisotopic (exact) mass is 399 g/mol. The van der Waals surface area contributed by atoms with Crippen LogP contribution in [0.5, 0.6) is 0 Å². The standard InChI is InChI=1S/C21H29N5O3/c1-12(2)6-8-24-21(29)17-10-14-9-16(14)26(17)18(28)11-25-20-15(5-4-7-23-20)19(22)13(3)27/h4-5,7,12,14,16-17,22H,6,8-11H2,1-3H3,(H,23,25)(H,24,29)/t14-,16-,17+/m1/s1. The second kappa shape index (κ2) is 8.71. The molecule has 0 spiro atoms. The number of hydrogen-bond donors (Lipinski definition) is 3. The fraction of sp³-hybridized carbons (Fsp3) is 0.571. The van der Waals surface area contributed by atoms with E-state index in [9.17, 15) is 14.4 Å². The van der Waals surface area contributed by atoms with E-state index in [4.69, 9.17) is 5.41 Å². The van der Waals surface area contributed by atoms with Gasteiger partial charge < -0.3 is 15.5 Å². The predicted octanol–water partition coefficient (Wildman–Crippen LogP) is 1.60. The summed E-state index contributed by atoms with van der Waals surface area (Å²) in [4.78, 5) is 42.9. The Kier molecular flexibility index (Phi) is 6.30. The van der Waals surface area contributed by atoms with Gasteiger partial charge in [0.05, 0.1) is 6.54 Å². The Balaban J connectivity index is 1.62. The molecule has 1 aliphatic heterocycles. The van der Waals surface area contributed by atoms with Gasteiger partial charge in [0.25, 0.3) is 0 Å². The molecule has 2 fully saturated rings. The summed E-state index contributed by atoms with van der Waals surface area (Å²) in [6.07, 6.45) is 4.12. The van der Waals surface area contributed by atoms with E-state index in [1.165, 1.54) is 6.92 Å². The van der Waals surface area contributed by atoms with Gasteiger partial charge in [0.1, 0.15) is 17.6 Å². The number of carbonyl (C=O) groups excluding carboxylic acids is 3. The first-order chi connectivity index (χ1) is 13.8. The first-order valence-corrected chi connectivity index (χ1v) is 10.2. The molecule has 8 nitrogen and oxygen atoms in total. The van der Waals surface area contributed by atoms with E-state index < -0.39 is 6.04 Å². The predicted molar refractivity (Wildman–Crippen MR) is 110 cm³/mol. The molecule has 2 aliphatic rings. The maximum absolute atomic E-state index is 12.9. The zero-order valence-electron chi connectivity index (χ0n) is 17.2. The Morgan fingerprint density at radius 2 is 2.07 bits per heavy atom. The van der Waals surface area contributed by atoms with Crippen molar-refractivity contribution in [2.75, 3.05) is 18.4 Å². The summed E-state index contributed by atoms with van der Waals surface area (Å²) in [6, 6.07) is 3.00. The molecule has 3 atom stereocenters. The van der Waals surface area contributed by atoms with Crippen LogP contribution < -0.4 is 10.6 Å². The van der Waals surface area contributed by atoms with Crippen LogP contribution in [0.3, 0.4) is 0 Å². The fourth-order valence-electron chi connectivity index (χ4n) is 3.84. The van der Waals surface area contributed by atoms with Crippen molar-refractivity contribution >= 4 is 29.1 Å². The summed E-state index contributed by atoms with van der Waals surface area (Å²) in [5, 5.41) is 13.8. The van der Waals surface area contributed by atoms with Gasteiger partial charge in [0, 0.05) is 31.3 Å². The lowest BCUT2D eigenvalue weighted by Crippen LogP contribution is -2.49. The Hall–Kier alpha value is -2.77. The molecule has 1 saturated carbocycles. The van der Waals surface area contributed by atoms with Crippen molar-refractivity contribution in [3.63, 3.8) is 0 Å². The van der Waals surface area contributed by atoms with Gasteiger partial charge in [0.15, 0.2) is 5.78 Å². The lowest BCUT2D eigenvalue weighted by Gasteiger charge is -2.27.